The second kappa shape index (κ2) is 7.87. The lowest BCUT2D eigenvalue weighted by Crippen LogP contribution is -2.37. The summed E-state index contributed by atoms with van der Waals surface area (Å²) in [6.07, 6.45) is 1.48. The Bertz CT molecular complexity index is 921. The van der Waals surface area contributed by atoms with E-state index in [0.717, 1.165) is 6.42 Å². The first-order chi connectivity index (χ1) is 13.0. The Balaban J connectivity index is 1.88. The van der Waals surface area contributed by atoms with Gasteiger partial charge in [-0.2, -0.15) is 0 Å². The van der Waals surface area contributed by atoms with Crippen molar-refractivity contribution in [3.8, 4) is 11.5 Å². The van der Waals surface area contributed by atoms with Crippen LogP contribution in [-0.2, 0) is 10.0 Å². The molecule has 1 aliphatic heterocycles. The Morgan fingerprint density at radius 1 is 1.04 bits per heavy atom. The first-order valence-corrected chi connectivity index (χ1v) is 10.2. The Hall–Kier alpha value is -2.74. The second-order valence-corrected chi connectivity index (χ2v) is 8.15. The molecule has 144 valence electrons. The van der Waals surface area contributed by atoms with E-state index in [1.165, 1.54) is 18.5 Å². The molecule has 2 aromatic carbocycles. The number of nitrogens with zero attached hydrogens (tertiary/aromatic N) is 1. The van der Waals surface area contributed by atoms with Crippen LogP contribution in [0.2, 0.25) is 0 Å². The quantitative estimate of drug-likeness (QED) is 0.849. The van der Waals surface area contributed by atoms with Crippen molar-refractivity contribution in [3.05, 3.63) is 48.0 Å². The highest BCUT2D eigenvalue weighted by Gasteiger charge is 2.26. The summed E-state index contributed by atoms with van der Waals surface area (Å²) < 4.78 is 36.5. The summed E-state index contributed by atoms with van der Waals surface area (Å²) in [4.78, 5) is 12.8. The summed E-state index contributed by atoms with van der Waals surface area (Å²) in [7, 11) is -0.356. The summed E-state index contributed by atoms with van der Waals surface area (Å²) in [5, 5.41) is 2.79. The van der Waals surface area contributed by atoms with Crippen molar-refractivity contribution < 1.29 is 22.7 Å². The maximum Gasteiger partial charge on any atom is 0.263 e. The minimum absolute atomic E-state index is 0.141. The zero-order valence-corrected chi connectivity index (χ0v) is 16.1. The van der Waals surface area contributed by atoms with Crippen LogP contribution in [0.4, 0.5) is 11.4 Å². The zero-order chi connectivity index (χ0) is 19.4. The topological polar surface area (TPSA) is 84.9 Å². The predicted octanol–water partition coefficient (Wildman–Crippen LogP) is 2.89. The number of hydrogen-bond donors (Lipinski definition) is 1. The van der Waals surface area contributed by atoms with Crippen LogP contribution in [0.15, 0.2) is 42.5 Å². The lowest BCUT2D eigenvalue weighted by molar-refractivity contribution is 0.102. The number of nitrogens with one attached hydrogen (secondary N) is 1. The van der Waals surface area contributed by atoms with Crippen LogP contribution < -0.4 is 19.1 Å². The first-order valence-electron chi connectivity index (χ1n) is 8.59. The summed E-state index contributed by atoms with van der Waals surface area (Å²) in [5.41, 5.74) is 1.31. The van der Waals surface area contributed by atoms with Gasteiger partial charge < -0.3 is 14.8 Å². The van der Waals surface area contributed by atoms with Gasteiger partial charge in [0, 0.05) is 12.2 Å². The molecular formula is C19H22N2O5S. The summed E-state index contributed by atoms with van der Waals surface area (Å²) in [5.74, 6) is 0.522. The number of amides is 1. The molecule has 7 nitrogen and oxygen atoms in total. The normalized spacial score (nSPS) is 15.9. The highest BCUT2D eigenvalue weighted by Crippen LogP contribution is 2.30. The fourth-order valence-electron chi connectivity index (χ4n) is 3.09. The van der Waals surface area contributed by atoms with Crippen LogP contribution in [0.3, 0.4) is 0 Å². The highest BCUT2D eigenvalue weighted by molar-refractivity contribution is 7.92. The number of benzene rings is 2. The van der Waals surface area contributed by atoms with Crippen molar-refractivity contribution in [3.63, 3.8) is 0 Å². The van der Waals surface area contributed by atoms with Gasteiger partial charge in [0.05, 0.1) is 25.7 Å². The Morgan fingerprint density at radius 2 is 1.70 bits per heavy atom. The minimum Gasteiger partial charge on any atom is -0.496 e. The molecule has 0 radical (unpaired) electrons. The SMILES string of the molecule is COc1cccc(OC)c1C(=O)Nc1cccc(N2CCCCS2(=O)=O)c1. The molecular weight excluding hydrogens is 368 g/mol. The molecule has 0 atom stereocenters. The van der Waals surface area contributed by atoms with Crippen molar-refractivity contribution in [2.24, 2.45) is 0 Å². The molecule has 8 heteroatoms. The van der Waals surface area contributed by atoms with Gasteiger partial charge in [0.15, 0.2) is 0 Å². The standard InChI is InChI=1S/C19H22N2O5S/c1-25-16-9-6-10-17(26-2)18(16)19(22)20-14-7-5-8-15(13-14)21-11-3-4-12-27(21,23)24/h5-10,13H,3-4,11-12H2,1-2H3,(H,20,22). The summed E-state index contributed by atoms with van der Waals surface area (Å²) in [6.45, 7) is 0.445. The first kappa shape index (κ1) is 19.0. The molecule has 1 saturated heterocycles. The van der Waals surface area contributed by atoms with Crippen molar-refractivity contribution in [2.75, 3.05) is 36.1 Å². The number of carbonyl (C=O) groups is 1. The number of sulfonamides is 1. The molecule has 0 unspecified atom stereocenters. The van der Waals surface area contributed by atoms with Crippen LogP contribution in [0.1, 0.15) is 23.2 Å². The maximum absolute atomic E-state index is 12.8. The molecule has 1 heterocycles. The number of hydrogen-bond acceptors (Lipinski definition) is 5. The molecule has 27 heavy (non-hydrogen) atoms. The van der Waals surface area contributed by atoms with Gasteiger partial charge in [-0.05, 0) is 43.2 Å². The van der Waals surface area contributed by atoms with Gasteiger partial charge >= 0.3 is 0 Å². The lowest BCUT2D eigenvalue weighted by atomic mass is 10.1. The predicted molar refractivity (Wildman–Crippen MR) is 104 cm³/mol. The zero-order valence-electron chi connectivity index (χ0n) is 15.3. The van der Waals surface area contributed by atoms with Crippen molar-refractivity contribution >= 4 is 27.3 Å². The largest absolute Gasteiger partial charge is 0.496 e. The van der Waals surface area contributed by atoms with E-state index in [1.807, 2.05) is 0 Å². The molecule has 0 spiro atoms. The number of ether oxygens (including phenoxy) is 2. The molecule has 1 N–H and O–H groups in total. The molecule has 3 rings (SSSR count). The van der Waals surface area contributed by atoms with E-state index < -0.39 is 15.9 Å². The van der Waals surface area contributed by atoms with Crippen LogP contribution in [0, 0.1) is 0 Å². The third-order valence-corrected chi connectivity index (χ3v) is 6.27. The van der Waals surface area contributed by atoms with Gasteiger partial charge in [-0.3, -0.25) is 9.10 Å². The van der Waals surface area contributed by atoms with Crippen molar-refractivity contribution in [1.29, 1.82) is 0 Å². The third-order valence-electron chi connectivity index (χ3n) is 4.40. The molecule has 0 aliphatic carbocycles. The molecule has 2 aromatic rings. The van der Waals surface area contributed by atoms with E-state index in [9.17, 15) is 13.2 Å². The van der Waals surface area contributed by atoms with E-state index in [2.05, 4.69) is 5.32 Å². The molecule has 0 saturated carbocycles. The summed E-state index contributed by atoms with van der Waals surface area (Å²) >= 11 is 0. The number of methoxy groups -OCH3 is 2. The van der Waals surface area contributed by atoms with Crippen LogP contribution in [0.25, 0.3) is 0 Å². The van der Waals surface area contributed by atoms with Gasteiger partial charge in [0.25, 0.3) is 5.91 Å². The highest BCUT2D eigenvalue weighted by atomic mass is 32.2. The van der Waals surface area contributed by atoms with Crippen molar-refractivity contribution in [2.45, 2.75) is 12.8 Å². The smallest absolute Gasteiger partial charge is 0.263 e. The Labute approximate surface area is 158 Å². The lowest BCUT2D eigenvalue weighted by Gasteiger charge is -2.28. The third kappa shape index (κ3) is 4.00. The monoisotopic (exact) mass is 390 g/mol. The number of rotatable bonds is 5. The molecule has 1 aliphatic rings. The number of carbonyl (C=O) groups excluding carboxylic acids is 1. The van der Waals surface area contributed by atoms with E-state index in [4.69, 9.17) is 9.47 Å². The van der Waals surface area contributed by atoms with Gasteiger partial charge in [0.1, 0.15) is 17.1 Å². The van der Waals surface area contributed by atoms with Crippen LogP contribution in [-0.4, -0.2) is 40.8 Å². The molecule has 0 bridgehead atoms. The molecule has 0 aromatic heterocycles. The van der Waals surface area contributed by atoms with Gasteiger partial charge in [-0.1, -0.05) is 12.1 Å². The van der Waals surface area contributed by atoms with Crippen LogP contribution >= 0.6 is 0 Å². The Morgan fingerprint density at radius 3 is 2.33 bits per heavy atom. The van der Waals surface area contributed by atoms with E-state index in [0.29, 0.717) is 35.8 Å². The molecule has 1 fully saturated rings. The van der Waals surface area contributed by atoms with E-state index in [-0.39, 0.29) is 11.3 Å². The molecule has 1 amide bonds. The number of anilines is 2. The average Bonchev–Trinajstić information content (AvgIpc) is 2.67. The maximum atomic E-state index is 12.8. The summed E-state index contributed by atoms with van der Waals surface area (Å²) in [6, 6.07) is 11.9. The van der Waals surface area contributed by atoms with Gasteiger partial charge in [-0.15, -0.1) is 0 Å². The Kier molecular flexibility index (Phi) is 5.55. The van der Waals surface area contributed by atoms with Crippen LogP contribution in [0.5, 0.6) is 11.5 Å². The fourth-order valence-corrected chi connectivity index (χ4v) is 4.72. The minimum atomic E-state index is -3.31. The fraction of sp³-hybridized carbons (Fsp3) is 0.316. The second-order valence-electron chi connectivity index (χ2n) is 6.14. The van der Waals surface area contributed by atoms with E-state index >= 15 is 0 Å². The van der Waals surface area contributed by atoms with E-state index in [1.54, 1.807) is 42.5 Å². The van der Waals surface area contributed by atoms with Gasteiger partial charge in [-0.25, -0.2) is 8.42 Å². The van der Waals surface area contributed by atoms with Crippen molar-refractivity contribution in [1.82, 2.24) is 0 Å². The average molecular weight is 390 g/mol. The van der Waals surface area contributed by atoms with Gasteiger partial charge in [0.2, 0.25) is 10.0 Å².